The second-order valence-corrected chi connectivity index (χ2v) is 4.53. The summed E-state index contributed by atoms with van der Waals surface area (Å²) < 4.78 is 11.6. The van der Waals surface area contributed by atoms with Gasteiger partial charge in [-0.05, 0) is 19.1 Å². The second-order valence-electron chi connectivity index (χ2n) is 4.53. The normalized spacial score (nSPS) is 10.8. The summed E-state index contributed by atoms with van der Waals surface area (Å²) in [5.74, 6) is 1.52. The van der Waals surface area contributed by atoms with Crippen LogP contribution in [-0.4, -0.2) is 23.3 Å². The Kier molecular flexibility index (Phi) is 4.49. The Bertz CT molecular complexity index is 729. The third kappa shape index (κ3) is 3.34. The van der Waals surface area contributed by atoms with Crippen LogP contribution in [-0.2, 0) is 17.8 Å². The molecule has 0 aromatic carbocycles. The summed E-state index contributed by atoms with van der Waals surface area (Å²) >= 11 is 0. The number of H-pyrrole nitrogens is 1. The van der Waals surface area contributed by atoms with Gasteiger partial charge >= 0.3 is 5.69 Å². The van der Waals surface area contributed by atoms with Gasteiger partial charge in [-0.25, -0.2) is 4.79 Å². The molecule has 8 nitrogen and oxygen atoms in total. The van der Waals surface area contributed by atoms with Crippen molar-refractivity contribution in [2.75, 3.05) is 24.8 Å². The van der Waals surface area contributed by atoms with Gasteiger partial charge in [0, 0.05) is 7.11 Å². The molecule has 0 fully saturated rings. The standard InChI is InChI=1S/C13H18N4O4/c1-8-3-4-9(21-8)7-15-10-11(14)17(5-6-20-2)13(19)16-12(10)18/h3-4,15H,5-7,14H2,1-2H3,(H,16,18,19). The minimum Gasteiger partial charge on any atom is -0.465 e. The van der Waals surface area contributed by atoms with Gasteiger partial charge in [-0.2, -0.15) is 0 Å². The van der Waals surface area contributed by atoms with E-state index in [1.807, 2.05) is 13.0 Å². The fraction of sp³-hybridized carbons (Fsp3) is 0.385. The lowest BCUT2D eigenvalue weighted by atomic mass is 10.4. The van der Waals surface area contributed by atoms with Crippen LogP contribution in [0.5, 0.6) is 0 Å². The van der Waals surface area contributed by atoms with Gasteiger partial charge in [-0.1, -0.05) is 0 Å². The Hall–Kier alpha value is -2.48. The Morgan fingerprint density at radius 3 is 2.81 bits per heavy atom. The molecule has 2 aromatic heterocycles. The molecule has 8 heteroatoms. The van der Waals surface area contributed by atoms with Gasteiger partial charge in [-0.3, -0.25) is 14.3 Å². The third-order valence-corrected chi connectivity index (χ3v) is 2.99. The van der Waals surface area contributed by atoms with Gasteiger partial charge in [0.05, 0.1) is 19.7 Å². The first-order chi connectivity index (χ1) is 10.0. The zero-order chi connectivity index (χ0) is 15.4. The van der Waals surface area contributed by atoms with Crippen LogP contribution in [0.1, 0.15) is 11.5 Å². The third-order valence-electron chi connectivity index (χ3n) is 2.99. The van der Waals surface area contributed by atoms with Crippen LogP contribution in [0.15, 0.2) is 26.1 Å². The highest BCUT2D eigenvalue weighted by Gasteiger charge is 2.12. The van der Waals surface area contributed by atoms with Crippen molar-refractivity contribution in [1.29, 1.82) is 0 Å². The van der Waals surface area contributed by atoms with Crippen LogP contribution in [0, 0.1) is 6.92 Å². The molecule has 2 rings (SSSR count). The van der Waals surface area contributed by atoms with Crippen molar-refractivity contribution in [2.24, 2.45) is 0 Å². The fourth-order valence-corrected chi connectivity index (χ4v) is 1.92. The summed E-state index contributed by atoms with van der Waals surface area (Å²) in [6.45, 7) is 2.69. The molecule has 0 aliphatic carbocycles. The van der Waals surface area contributed by atoms with Gasteiger partial charge in [0.15, 0.2) is 0 Å². The molecular formula is C13H18N4O4. The zero-order valence-electron chi connectivity index (χ0n) is 11.9. The van der Waals surface area contributed by atoms with Gasteiger partial charge in [0.25, 0.3) is 5.56 Å². The summed E-state index contributed by atoms with van der Waals surface area (Å²) in [6.07, 6.45) is 0. The molecule has 0 aliphatic rings. The van der Waals surface area contributed by atoms with Crippen molar-refractivity contribution in [3.05, 3.63) is 44.5 Å². The van der Waals surface area contributed by atoms with Crippen molar-refractivity contribution in [1.82, 2.24) is 9.55 Å². The van der Waals surface area contributed by atoms with Crippen LogP contribution in [0.3, 0.4) is 0 Å². The number of anilines is 2. The number of nitrogens with one attached hydrogen (secondary N) is 2. The SMILES string of the molecule is COCCn1c(N)c(NCc2ccc(C)o2)c(=O)[nH]c1=O. The van der Waals surface area contributed by atoms with Crippen molar-refractivity contribution < 1.29 is 9.15 Å². The van der Waals surface area contributed by atoms with Crippen molar-refractivity contribution in [3.63, 3.8) is 0 Å². The van der Waals surface area contributed by atoms with Crippen LogP contribution in [0.25, 0.3) is 0 Å². The quantitative estimate of drug-likeness (QED) is 0.704. The number of methoxy groups -OCH3 is 1. The molecule has 21 heavy (non-hydrogen) atoms. The average Bonchev–Trinajstić information content (AvgIpc) is 2.84. The minimum absolute atomic E-state index is 0.0732. The molecule has 0 bridgehead atoms. The minimum atomic E-state index is -0.561. The van der Waals surface area contributed by atoms with Crippen LogP contribution >= 0.6 is 0 Å². The summed E-state index contributed by atoms with van der Waals surface area (Å²) in [4.78, 5) is 25.8. The lowest BCUT2D eigenvalue weighted by Gasteiger charge is -2.13. The number of rotatable bonds is 6. The van der Waals surface area contributed by atoms with Crippen LogP contribution in [0.2, 0.25) is 0 Å². The molecule has 0 radical (unpaired) electrons. The molecule has 0 aliphatic heterocycles. The summed E-state index contributed by atoms with van der Waals surface area (Å²) in [7, 11) is 1.52. The van der Waals surface area contributed by atoms with E-state index >= 15 is 0 Å². The molecule has 2 heterocycles. The summed E-state index contributed by atoms with van der Waals surface area (Å²) in [6, 6.07) is 3.62. The van der Waals surface area contributed by atoms with E-state index in [2.05, 4.69) is 10.3 Å². The first-order valence-corrected chi connectivity index (χ1v) is 6.43. The lowest BCUT2D eigenvalue weighted by molar-refractivity contribution is 0.186. The molecule has 0 unspecified atom stereocenters. The number of hydrogen-bond donors (Lipinski definition) is 3. The monoisotopic (exact) mass is 294 g/mol. The predicted octanol–water partition coefficient (Wildman–Crippen LogP) is 0.279. The van der Waals surface area contributed by atoms with Crippen molar-refractivity contribution in [2.45, 2.75) is 20.0 Å². The highest BCUT2D eigenvalue weighted by atomic mass is 16.5. The number of aromatic amines is 1. The Morgan fingerprint density at radius 1 is 1.43 bits per heavy atom. The Balaban J connectivity index is 2.26. The van der Waals surface area contributed by atoms with E-state index in [9.17, 15) is 9.59 Å². The van der Waals surface area contributed by atoms with E-state index < -0.39 is 11.2 Å². The molecule has 0 atom stereocenters. The number of nitrogens with zero attached hydrogens (tertiary/aromatic N) is 1. The molecular weight excluding hydrogens is 276 g/mol. The zero-order valence-corrected chi connectivity index (χ0v) is 11.9. The molecule has 0 saturated carbocycles. The topological polar surface area (TPSA) is 115 Å². The van der Waals surface area contributed by atoms with Crippen LogP contribution < -0.4 is 22.3 Å². The summed E-state index contributed by atoms with van der Waals surface area (Å²) in [5, 5.41) is 2.89. The maximum Gasteiger partial charge on any atom is 0.330 e. The number of hydrogen-bond acceptors (Lipinski definition) is 6. The van der Waals surface area contributed by atoms with Gasteiger partial charge in [0.2, 0.25) is 0 Å². The van der Waals surface area contributed by atoms with Crippen LogP contribution in [0.4, 0.5) is 11.5 Å². The largest absolute Gasteiger partial charge is 0.465 e. The number of aryl methyl sites for hydroxylation is 1. The molecule has 114 valence electrons. The number of aromatic nitrogens is 2. The number of nitrogen functional groups attached to an aromatic ring is 1. The Labute approximate surface area is 120 Å². The highest BCUT2D eigenvalue weighted by Crippen LogP contribution is 2.13. The highest BCUT2D eigenvalue weighted by molar-refractivity contribution is 5.60. The predicted molar refractivity (Wildman–Crippen MR) is 78.4 cm³/mol. The fourth-order valence-electron chi connectivity index (χ4n) is 1.92. The molecule has 0 spiro atoms. The van der Waals surface area contributed by atoms with E-state index in [0.717, 1.165) is 5.76 Å². The second kappa shape index (κ2) is 6.31. The number of nitrogens with two attached hydrogens (primary N) is 1. The van der Waals surface area contributed by atoms with E-state index in [4.69, 9.17) is 14.9 Å². The maximum absolute atomic E-state index is 11.8. The number of furan rings is 1. The smallest absolute Gasteiger partial charge is 0.330 e. The lowest BCUT2D eigenvalue weighted by Crippen LogP contribution is -2.34. The molecule has 0 amide bonds. The van der Waals surface area contributed by atoms with E-state index in [0.29, 0.717) is 18.9 Å². The average molecular weight is 294 g/mol. The first kappa shape index (κ1) is 14.9. The van der Waals surface area contributed by atoms with E-state index in [1.54, 1.807) is 6.07 Å². The van der Waals surface area contributed by atoms with E-state index in [1.165, 1.54) is 11.7 Å². The Morgan fingerprint density at radius 2 is 2.19 bits per heavy atom. The van der Waals surface area contributed by atoms with Gasteiger partial charge < -0.3 is 20.2 Å². The van der Waals surface area contributed by atoms with Crippen molar-refractivity contribution >= 4 is 11.5 Å². The summed E-state index contributed by atoms with van der Waals surface area (Å²) in [5.41, 5.74) is 4.91. The maximum atomic E-state index is 11.8. The molecule has 2 aromatic rings. The van der Waals surface area contributed by atoms with Crippen molar-refractivity contribution in [3.8, 4) is 0 Å². The van der Waals surface area contributed by atoms with E-state index in [-0.39, 0.29) is 18.1 Å². The number of ether oxygens (including phenoxy) is 1. The molecule has 4 N–H and O–H groups in total. The first-order valence-electron chi connectivity index (χ1n) is 6.43. The van der Waals surface area contributed by atoms with Gasteiger partial charge in [0.1, 0.15) is 23.0 Å². The molecule has 0 saturated heterocycles. The van der Waals surface area contributed by atoms with Gasteiger partial charge in [-0.15, -0.1) is 0 Å².